The molecule has 0 saturated carbocycles. The number of amides is 1. The lowest BCUT2D eigenvalue weighted by molar-refractivity contribution is 0.0951. The van der Waals surface area contributed by atoms with Crippen LogP contribution in [0.5, 0.6) is 0 Å². The molecule has 6 heteroatoms. The van der Waals surface area contributed by atoms with E-state index in [2.05, 4.69) is 20.6 Å². The first-order valence-electron chi connectivity index (χ1n) is 12.1. The zero-order chi connectivity index (χ0) is 24.0. The number of nitrogens with one attached hydrogen (secondary N) is 3. The minimum atomic E-state index is -0.495. The molecule has 0 bridgehead atoms. The molecule has 0 spiro atoms. The lowest BCUT2D eigenvalue weighted by Crippen LogP contribution is -2.35. The number of aliphatic hydroxyl groups excluding tert-OH is 1. The van der Waals surface area contributed by atoms with Crippen LogP contribution in [0, 0.1) is 0 Å². The van der Waals surface area contributed by atoms with Gasteiger partial charge >= 0.3 is 0 Å². The van der Waals surface area contributed by atoms with Crippen LogP contribution in [0.1, 0.15) is 46.0 Å². The quantitative estimate of drug-likeness (QED) is 0.310. The van der Waals surface area contributed by atoms with Crippen molar-refractivity contribution in [3.8, 4) is 11.3 Å². The Labute approximate surface area is 205 Å². The van der Waals surface area contributed by atoms with E-state index in [0.29, 0.717) is 18.2 Å². The largest absolute Gasteiger partial charge is 0.387 e. The Kier molecular flexibility index (Phi) is 7.02. The first-order chi connectivity index (χ1) is 17.2. The van der Waals surface area contributed by atoms with Crippen LogP contribution in [0.3, 0.4) is 0 Å². The first-order valence-corrected chi connectivity index (χ1v) is 12.1. The number of carbonyl (C=O) groups excluding carboxylic acids is 1. The van der Waals surface area contributed by atoms with Crippen molar-refractivity contribution >= 4 is 5.91 Å². The van der Waals surface area contributed by atoms with E-state index in [-0.39, 0.29) is 11.9 Å². The summed E-state index contributed by atoms with van der Waals surface area (Å²) >= 11 is 0. The van der Waals surface area contributed by atoms with Crippen LogP contribution >= 0.6 is 0 Å². The molecular formula is C29H30N4O2. The number of nitrogens with zero attached hydrogens (tertiary/aromatic N) is 1. The van der Waals surface area contributed by atoms with Crippen molar-refractivity contribution in [2.24, 2.45) is 0 Å². The Bertz CT molecular complexity index is 1240. The Hall–Kier alpha value is -3.74. The van der Waals surface area contributed by atoms with Crippen molar-refractivity contribution < 1.29 is 9.90 Å². The second-order valence-corrected chi connectivity index (χ2v) is 9.11. The standard InChI is InChI=1S/C29H30N4O2/c34-28(21-6-2-1-3-7-21)26-15-14-24(33-26)16-20-10-12-22(13-11-20)29(35)31-17-23-8-4-5-9-25(23)27-18-30-19-32-27/h1-13,18-19,24,26,28,33-34H,14-17H2,(H,30,32)(H,31,35)/t24-,26+,28+/m0/s1. The monoisotopic (exact) mass is 466 g/mol. The predicted molar refractivity (Wildman–Crippen MR) is 137 cm³/mol. The average Bonchev–Trinajstić information content (AvgIpc) is 3.61. The van der Waals surface area contributed by atoms with Crippen molar-refractivity contribution in [1.82, 2.24) is 20.6 Å². The molecule has 35 heavy (non-hydrogen) atoms. The summed E-state index contributed by atoms with van der Waals surface area (Å²) in [7, 11) is 0. The van der Waals surface area contributed by atoms with E-state index in [1.54, 1.807) is 12.5 Å². The fourth-order valence-corrected chi connectivity index (χ4v) is 4.84. The van der Waals surface area contributed by atoms with Gasteiger partial charge in [0.1, 0.15) is 0 Å². The fraction of sp³-hybridized carbons (Fsp3) is 0.241. The van der Waals surface area contributed by atoms with Gasteiger partial charge in [-0.05, 0) is 48.1 Å². The van der Waals surface area contributed by atoms with E-state index in [1.807, 2.05) is 78.9 Å². The predicted octanol–water partition coefficient (Wildman–Crippen LogP) is 4.40. The van der Waals surface area contributed by atoms with Crippen molar-refractivity contribution in [3.05, 3.63) is 114 Å². The number of hydrogen-bond donors (Lipinski definition) is 4. The highest BCUT2D eigenvalue weighted by molar-refractivity contribution is 5.94. The summed E-state index contributed by atoms with van der Waals surface area (Å²) in [4.78, 5) is 20.0. The molecule has 1 amide bonds. The van der Waals surface area contributed by atoms with Crippen molar-refractivity contribution in [1.29, 1.82) is 0 Å². The SMILES string of the molecule is O=C(NCc1ccccc1-c1cnc[nH]1)c1ccc(C[C@@H]2CC[C@H]([C@H](O)c3ccccc3)N2)cc1. The number of carbonyl (C=O) groups is 1. The number of hydrogen-bond acceptors (Lipinski definition) is 4. The highest BCUT2D eigenvalue weighted by Gasteiger charge is 2.29. The molecule has 4 N–H and O–H groups in total. The van der Waals surface area contributed by atoms with Gasteiger partial charge in [0, 0.05) is 29.8 Å². The summed E-state index contributed by atoms with van der Waals surface area (Å²) in [6.07, 6.45) is 5.78. The molecule has 1 fully saturated rings. The number of benzene rings is 3. The highest BCUT2D eigenvalue weighted by Crippen LogP contribution is 2.27. The molecule has 5 rings (SSSR count). The normalized spacial score (nSPS) is 18.3. The fourth-order valence-electron chi connectivity index (χ4n) is 4.84. The van der Waals surface area contributed by atoms with Crippen LogP contribution in [0.2, 0.25) is 0 Å². The van der Waals surface area contributed by atoms with E-state index in [9.17, 15) is 9.90 Å². The van der Waals surface area contributed by atoms with Crippen molar-refractivity contribution in [2.45, 2.75) is 44.0 Å². The Morgan fingerprint density at radius 2 is 1.77 bits per heavy atom. The van der Waals surface area contributed by atoms with E-state index in [0.717, 1.165) is 41.6 Å². The highest BCUT2D eigenvalue weighted by atomic mass is 16.3. The smallest absolute Gasteiger partial charge is 0.251 e. The zero-order valence-electron chi connectivity index (χ0n) is 19.5. The molecule has 178 valence electrons. The van der Waals surface area contributed by atoms with Gasteiger partial charge < -0.3 is 20.7 Å². The summed E-state index contributed by atoms with van der Waals surface area (Å²) in [5, 5.41) is 17.3. The van der Waals surface area contributed by atoms with Gasteiger partial charge in [-0.15, -0.1) is 0 Å². The molecule has 0 radical (unpaired) electrons. The van der Waals surface area contributed by atoms with Crippen LogP contribution in [-0.2, 0) is 13.0 Å². The molecule has 1 aliphatic rings. The maximum absolute atomic E-state index is 12.8. The van der Waals surface area contributed by atoms with Crippen molar-refractivity contribution in [3.63, 3.8) is 0 Å². The van der Waals surface area contributed by atoms with Gasteiger partial charge in [0.15, 0.2) is 0 Å². The third kappa shape index (κ3) is 5.50. The van der Waals surface area contributed by atoms with E-state index in [4.69, 9.17) is 0 Å². The summed E-state index contributed by atoms with van der Waals surface area (Å²) < 4.78 is 0. The molecule has 4 aromatic rings. The average molecular weight is 467 g/mol. The van der Waals surface area contributed by atoms with Gasteiger partial charge in [-0.3, -0.25) is 4.79 Å². The first kappa shape index (κ1) is 23.0. The number of imidazole rings is 1. The number of aromatic nitrogens is 2. The Balaban J connectivity index is 1.15. The van der Waals surface area contributed by atoms with Gasteiger partial charge in [0.05, 0.1) is 24.3 Å². The number of aliphatic hydroxyl groups is 1. The van der Waals surface area contributed by atoms with Gasteiger partial charge in [-0.25, -0.2) is 4.98 Å². The minimum absolute atomic E-state index is 0.0667. The maximum atomic E-state index is 12.8. The molecule has 1 saturated heterocycles. The molecular weight excluding hydrogens is 436 g/mol. The topological polar surface area (TPSA) is 90.0 Å². The summed E-state index contributed by atoms with van der Waals surface area (Å²) in [6, 6.07) is 26.0. The van der Waals surface area contributed by atoms with E-state index < -0.39 is 6.10 Å². The minimum Gasteiger partial charge on any atom is -0.387 e. The Morgan fingerprint density at radius 3 is 2.54 bits per heavy atom. The van der Waals surface area contributed by atoms with Gasteiger partial charge in [-0.2, -0.15) is 0 Å². The molecule has 3 aromatic carbocycles. The lowest BCUT2D eigenvalue weighted by atomic mass is 10.0. The Morgan fingerprint density at radius 1 is 1.00 bits per heavy atom. The zero-order valence-corrected chi connectivity index (χ0v) is 19.5. The molecule has 1 aromatic heterocycles. The van der Waals surface area contributed by atoms with Gasteiger partial charge in [-0.1, -0.05) is 66.7 Å². The second kappa shape index (κ2) is 10.7. The summed E-state index contributed by atoms with van der Waals surface area (Å²) in [5.41, 5.74) is 5.76. The second-order valence-electron chi connectivity index (χ2n) is 9.11. The molecule has 3 atom stereocenters. The third-order valence-electron chi connectivity index (χ3n) is 6.74. The van der Waals surface area contributed by atoms with Crippen LogP contribution < -0.4 is 10.6 Å². The number of rotatable bonds is 8. The number of aromatic amines is 1. The van der Waals surface area contributed by atoms with Gasteiger partial charge in [0.2, 0.25) is 0 Å². The maximum Gasteiger partial charge on any atom is 0.251 e. The molecule has 0 unspecified atom stereocenters. The van der Waals surface area contributed by atoms with Gasteiger partial charge in [0.25, 0.3) is 5.91 Å². The number of H-pyrrole nitrogens is 1. The lowest BCUT2D eigenvalue weighted by Gasteiger charge is -2.20. The molecule has 1 aliphatic heterocycles. The van der Waals surface area contributed by atoms with Crippen LogP contribution in [0.15, 0.2) is 91.4 Å². The van der Waals surface area contributed by atoms with Crippen LogP contribution in [-0.4, -0.2) is 33.1 Å². The molecule has 0 aliphatic carbocycles. The third-order valence-corrected chi connectivity index (χ3v) is 6.74. The van der Waals surface area contributed by atoms with Crippen LogP contribution in [0.25, 0.3) is 11.3 Å². The van der Waals surface area contributed by atoms with E-state index >= 15 is 0 Å². The van der Waals surface area contributed by atoms with Crippen LogP contribution in [0.4, 0.5) is 0 Å². The van der Waals surface area contributed by atoms with Crippen molar-refractivity contribution in [2.75, 3.05) is 0 Å². The van der Waals surface area contributed by atoms with E-state index in [1.165, 1.54) is 5.56 Å². The summed E-state index contributed by atoms with van der Waals surface area (Å²) in [6.45, 7) is 0.437. The molecule has 6 nitrogen and oxygen atoms in total. The molecule has 2 heterocycles. The summed E-state index contributed by atoms with van der Waals surface area (Å²) in [5.74, 6) is -0.0963.